The molecule has 1 aromatic carbocycles. The second kappa shape index (κ2) is 12.4. The second-order valence-corrected chi connectivity index (χ2v) is 6.57. The molecular weight excluding hydrogens is 427 g/mol. The van der Waals surface area contributed by atoms with Crippen molar-refractivity contribution in [1.29, 1.82) is 0 Å². The van der Waals surface area contributed by atoms with Gasteiger partial charge in [0.15, 0.2) is 5.96 Å². The molecule has 25 heavy (non-hydrogen) atoms. The number of ether oxygens (including phenoxy) is 1. The van der Waals surface area contributed by atoms with Gasteiger partial charge >= 0.3 is 0 Å². The lowest BCUT2D eigenvalue weighted by Gasteiger charge is -2.28. The standard InChI is InChI=1S/C19H32N4O.HI/c1-4-20-19(21-10-9-16(2)3)22-15-17-5-7-18(8-6-17)23-11-13-24-14-12-23;/h5-8,16H,4,9-15H2,1-3H3,(H2,20,21,22);1H. The molecule has 0 amide bonds. The van der Waals surface area contributed by atoms with Crippen molar-refractivity contribution < 1.29 is 4.74 Å². The van der Waals surface area contributed by atoms with Crippen molar-refractivity contribution in [3.05, 3.63) is 29.8 Å². The van der Waals surface area contributed by atoms with Crippen LogP contribution >= 0.6 is 24.0 Å². The molecule has 5 nitrogen and oxygen atoms in total. The molecule has 1 aromatic rings. The molecule has 2 N–H and O–H groups in total. The number of anilines is 1. The molecule has 0 aromatic heterocycles. The molecule has 1 heterocycles. The summed E-state index contributed by atoms with van der Waals surface area (Å²) in [5.41, 5.74) is 2.50. The summed E-state index contributed by atoms with van der Waals surface area (Å²) in [6.45, 7) is 12.7. The first-order chi connectivity index (χ1) is 11.7. The van der Waals surface area contributed by atoms with Crippen LogP contribution in [-0.4, -0.2) is 45.4 Å². The van der Waals surface area contributed by atoms with Crippen LogP contribution in [0.25, 0.3) is 0 Å². The molecule has 1 aliphatic rings. The second-order valence-electron chi connectivity index (χ2n) is 6.57. The van der Waals surface area contributed by atoms with Gasteiger partial charge in [-0.3, -0.25) is 0 Å². The summed E-state index contributed by atoms with van der Waals surface area (Å²) in [6, 6.07) is 8.72. The molecule has 0 spiro atoms. The first kappa shape index (κ1) is 22.0. The Morgan fingerprint density at radius 2 is 1.84 bits per heavy atom. The minimum Gasteiger partial charge on any atom is -0.378 e. The molecular formula is C19H33IN4O. The molecule has 0 radical (unpaired) electrons. The zero-order valence-corrected chi connectivity index (χ0v) is 18.1. The molecule has 0 aliphatic carbocycles. The van der Waals surface area contributed by atoms with Crippen molar-refractivity contribution in [3.8, 4) is 0 Å². The largest absolute Gasteiger partial charge is 0.378 e. The number of nitrogens with zero attached hydrogens (tertiary/aromatic N) is 2. The summed E-state index contributed by atoms with van der Waals surface area (Å²) in [5.74, 6) is 1.60. The topological polar surface area (TPSA) is 48.9 Å². The molecule has 0 saturated carbocycles. The summed E-state index contributed by atoms with van der Waals surface area (Å²) >= 11 is 0. The van der Waals surface area contributed by atoms with E-state index in [1.165, 1.54) is 11.3 Å². The minimum absolute atomic E-state index is 0. The number of hydrogen-bond donors (Lipinski definition) is 2. The van der Waals surface area contributed by atoms with E-state index in [1.807, 2.05) is 0 Å². The van der Waals surface area contributed by atoms with Gasteiger partial charge in [-0.05, 0) is 37.0 Å². The van der Waals surface area contributed by atoms with Gasteiger partial charge in [0.25, 0.3) is 0 Å². The number of benzene rings is 1. The van der Waals surface area contributed by atoms with Gasteiger partial charge in [-0.25, -0.2) is 4.99 Å². The number of hydrogen-bond acceptors (Lipinski definition) is 3. The van der Waals surface area contributed by atoms with Gasteiger partial charge in [0, 0.05) is 31.9 Å². The van der Waals surface area contributed by atoms with Gasteiger partial charge in [0.05, 0.1) is 19.8 Å². The molecule has 1 aliphatic heterocycles. The Labute approximate surface area is 169 Å². The number of guanidine groups is 1. The first-order valence-electron chi connectivity index (χ1n) is 9.13. The predicted molar refractivity (Wildman–Crippen MR) is 117 cm³/mol. The van der Waals surface area contributed by atoms with Crippen LogP contribution < -0.4 is 15.5 Å². The van der Waals surface area contributed by atoms with Gasteiger partial charge in [-0.2, -0.15) is 0 Å². The maximum Gasteiger partial charge on any atom is 0.191 e. The third kappa shape index (κ3) is 8.27. The van der Waals surface area contributed by atoms with E-state index in [9.17, 15) is 0 Å². The summed E-state index contributed by atoms with van der Waals surface area (Å²) in [7, 11) is 0. The highest BCUT2D eigenvalue weighted by atomic mass is 127. The van der Waals surface area contributed by atoms with Crippen LogP contribution in [0.4, 0.5) is 5.69 Å². The zero-order chi connectivity index (χ0) is 17.2. The van der Waals surface area contributed by atoms with Crippen molar-refractivity contribution in [3.63, 3.8) is 0 Å². The van der Waals surface area contributed by atoms with E-state index in [4.69, 9.17) is 4.74 Å². The van der Waals surface area contributed by atoms with Crippen LogP contribution in [0.3, 0.4) is 0 Å². The van der Waals surface area contributed by atoms with Crippen LogP contribution in [0.1, 0.15) is 32.8 Å². The number of aliphatic imine (C=N–C) groups is 1. The highest BCUT2D eigenvalue weighted by Gasteiger charge is 2.10. The Morgan fingerprint density at radius 1 is 1.16 bits per heavy atom. The number of morpholine rings is 1. The quantitative estimate of drug-likeness (QED) is 0.373. The summed E-state index contributed by atoms with van der Waals surface area (Å²) in [5, 5.41) is 6.71. The smallest absolute Gasteiger partial charge is 0.191 e. The Kier molecular flexibility index (Phi) is 10.9. The van der Waals surface area contributed by atoms with Gasteiger partial charge in [0.2, 0.25) is 0 Å². The number of rotatable bonds is 7. The summed E-state index contributed by atoms with van der Waals surface area (Å²) in [4.78, 5) is 7.05. The maximum absolute atomic E-state index is 5.41. The molecule has 6 heteroatoms. The summed E-state index contributed by atoms with van der Waals surface area (Å²) in [6.07, 6.45) is 1.15. The predicted octanol–water partition coefficient (Wildman–Crippen LogP) is 3.24. The van der Waals surface area contributed by atoms with Crippen LogP contribution in [0.2, 0.25) is 0 Å². The maximum atomic E-state index is 5.41. The Morgan fingerprint density at radius 3 is 2.44 bits per heavy atom. The van der Waals surface area contributed by atoms with E-state index in [1.54, 1.807) is 0 Å². The van der Waals surface area contributed by atoms with E-state index in [2.05, 4.69) is 65.6 Å². The lowest BCUT2D eigenvalue weighted by molar-refractivity contribution is 0.122. The monoisotopic (exact) mass is 460 g/mol. The van der Waals surface area contributed by atoms with E-state index >= 15 is 0 Å². The molecule has 1 saturated heterocycles. The lowest BCUT2D eigenvalue weighted by Crippen LogP contribution is -2.38. The van der Waals surface area contributed by atoms with Crippen molar-refractivity contribution in [2.24, 2.45) is 10.9 Å². The zero-order valence-electron chi connectivity index (χ0n) is 15.8. The van der Waals surface area contributed by atoms with Crippen molar-refractivity contribution >= 4 is 35.6 Å². The SMILES string of the molecule is CCNC(=NCc1ccc(N2CCOCC2)cc1)NCCC(C)C.I. The van der Waals surface area contributed by atoms with Gasteiger partial charge in [-0.15, -0.1) is 24.0 Å². The molecule has 142 valence electrons. The van der Waals surface area contributed by atoms with Crippen molar-refractivity contribution in [2.75, 3.05) is 44.3 Å². The molecule has 0 bridgehead atoms. The first-order valence-corrected chi connectivity index (χ1v) is 9.13. The Hall–Kier alpha value is -1.02. The van der Waals surface area contributed by atoms with Crippen molar-refractivity contribution in [2.45, 2.75) is 33.7 Å². The molecule has 2 rings (SSSR count). The lowest BCUT2D eigenvalue weighted by atomic mass is 10.1. The Balaban J connectivity index is 0.00000312. The van der Waals surface area contributed by atoms with Crippen LogP contribution in [0, 0.1) is 5.92 Å². The highest BCUT2D eigenvalue weighted by Crippen LogP contribution is 2.17. The minimum atomic E-state index is 0. The van der Waals surface area contributed by atoms with E-state index in [0.29, 0.717) is 12.5 Å². The molecule has 0 atom stereocenters. The highest BCUT2D eigenvalue weighted by molar-refractivity contribution is 14.0. The molecule has 1 fully saturated rings. The Bertz CT molecular complexity index is 499. The van der Waals surface area contributed by atoms with Gasteiger partial charge in [0.1, 0.15) is 0 Å². The third-order valence-corrected chi connectivity index (χ3v) is 4.09. The van der Waals surface area contributed by atoms with Crippen LogP contribution in [0.15, 0.2) is 29.3 Å². The number of halogens is 1. The van der Waals surface area contributed by atoms with Crippen LogP contribution in [-0.2, 0) is 11.3 Å². The normalized spacial score (nSPS) is 15.0. The van der Waals surface area contributed by atoms with Crippen molar-refractivity contribution in [1.82, 2.24) is 10.6 Å². The number of nitrogens with one attached hydrogen (secondary N) is 2. The fraction of sp³-hybridized carbons (Fsp3) is 0.632. The fourth-order valence-corrected chi connectivity index (χ4v) is 2.63. The van der Waals surface area contributed by atoms with E-state index in [0.717, 1.165) is 51.8 Å². The van der Waals surface area contributed by atoms with Gasteiger partial charge in [-0.1, -0.05) is 26.0 Å². The summed E-state index contributed by atoms with van der Waals surface area (Å²) < 4.78 is 5.41. The van der Waals surface area contributed by atoms with E-state index in [-0.39, 0.29) is 24.0 Å². The average Bonchev–Trinajstić information content (AvgIpc) is 2.60. The average molecular weight is 460 g/mol. The fourth-order valence-electron chi connectivity index (χ4n) is 2.63. The van der Waals surface area contributed by atoms with E-state index < -0.39 is 0 Å². The molecule has 0 unspecified atom stereocenters. The third-order valence-electron chi connectivity index (χ3n) is 4.09. The van der Waals surface area contributed by atoms with Crippen LogP contribution in [0.5, 0.6) is 0 Å². The van der Waals surface area contributed by atoms with Gasteiger partial charge < -0.3 is 20.3 Å².